The van der Waals surface area contributed by atoms with Gasteiger partial charge >= 0.3 is 0 Å². The Morgan fingerprint density at radius 1 is 1.25 bits per heavy atom. The average molecular weight is 221 g/mol. The number of hydrogen-bond acceptors (Lipinski definition) is 3. The van der Waals surface area contributed by atoms with Crippen LogP contribution in [0.25, 0.3) is 0 Å². The first kappa shape index (κ1) is 12.6. The summed E-state index contributed by atoms with van der Waals surface area (Å²) >= 11 is 0. The van der Waals surface area contributed by atoms with Crippen molar-refractivity contribution in [3.63, 3.8) is 0 Å². The zero-order valence-corrected chi connectivity index (χ0v) is 9.77. The fourth-order valence-corrected chi connectivity index (χ4v) is 1.71. The third-order valence-corrected chi connectivity index (χ3v) is 2.48. The second-order valence-corrected chi connectivity index (χ2v) is 4.10. The first-order chi connectivity index (χ1) is 7.52. The Labute approximate surface area is 96.4 Å². The maximum Gasteiger partial charge on any atom is 0.119 e. The van der Waals surface area contributed by atoms with E-state index in [0.29, 0.717) is 6.04 Å². The molecular formula is C13H19NO2. The number of benzene rings is 1. The number of hydrogen-bond donors (Lipinski definition) is 3. The van der Waals surface area contributed by atoms with Crippen LogP contribution in [0.15, 0.2) is 30.9 Å². The predicted octanol–water partition coefficient (Wildman–Crippen LogP) is 2.71. The summed E-state index contributed by atoms with van der Waals surface area (Å²) in [4.78, 5) is 0. The molecule has 0 aromatic heterocycles. The van der Waals surface area contributed by atoms with Crippen LogP contribution in [0.3, 0.4) is 0 Å². The Bertz CT molecular complexity index is 343. The molecule has 2 unspecified atom stereocenters. The summed E-state index contributed by atoms with van der Waals surface area (Å²) in [6.07, 6.45) is 2.75. The van der Waals surface area contributed by atoms with Gasteiger partial charge in [-0.15, -0.1) is 6.58 Å². The van der Waals surface area contributed by atoms with Gasteiger partial charge in [-0.05, 0) is 38.0 Å². The Kier molecular flexibility index (Phi) is 4.38. The van der Waals surface area contributed by atoms with Crippen molar-refractivity contribution in [2.24, 2.45) is 0 Å². The van der Waals surface area contributed by atoms with E-state index in [-0.39, 0.29) is 17.5 Å². The highest BCUT2D eigenvalue weighted by Crippen LogP contribution is 2.25. The summed E-state index contributed by atoms with van der Waals surface area (Å²) in [5.41, 5.74) is 0.869. The van der Waals surface area contributed by atoms with Crippen LogP contribution in [-0.2, 0) is 0 Å². The van der Waals surface area contributed by atoms with Crippen molar-refractivity contribution < 1.29 is 10.2 Å². The zero-order chi connectivity index (χ0) is 12.1. The maximum atomic E-state index is 9.38. The number of nitrogens with one attached hydrogen (secondary N) is 1. The smallest absolute Gasteiger partial charge is 0.119 e. The third kappa shape index (κ3) is 3.59. The molecule has 2 atom stereocenters. The molecule has 0 aliphatic heterocycles. The molecule has 0 saturated carbocycles. The fraction of sp³-hybridized carbons (Fsp3) is 0.385. The van der Waals surface area contributed by atoms with Gasteiger partial charge in [0.05, 0.1) is 0 Å². The molecule has 3 nitrogen and oxygen atoms in total. The molecule has 1 rings (SSSR count). The van der Waals surface area contributed by atoms with Gasteiger partial charge in [0.25, 0.3) is 0 Å². The Morgan fingerprint density at radius 2 is 1.81 bits per heavy atom. The highest BCUT2D eigenvalue weighted by Gasteiger charge is 2.10. The van der Waals surface area contributed by atoms with Crippen LogP contribution in [0.4, 0.5) is 0 Å². The van der Waals surface area contributed by atoms with Gasteiger partial charge in [0.2, 0.25) is 0 Å². The molecule has 0 bridgehead atoms. The van der Waals surface area contributed by atoms with Crippen LogP contribution >= 0.6 is 0 Å². The van der Waals surface area contributed by atoms with E-state index in [4.69, 9.17) is 0 Å². The second kappa shape index (κ2) is 5.56. The SMILES string of the molecule is C=CCC(C)NC(C)c1cc(O)cc(O)c1. The molecule has 0 aliphatic rings. The van der Waals surface area contributed by atoms with Crippen LogP contribution in [0.5, 0.6) is 11.5 Å². The predicted molar refractivity (Wildman–Crippen MR) is 65.6 cm³/mol. The van der Waals surface area contributed by atoms with E-state index in [1.54, 1.807) is 12.1 Å². The fourth-order valence-electron chi connectivity index (χ4n) is 1.71. The quantitative estimate of drug-likeness (QED) is 0.670. The van der Waals surface area contributed by atoms with Crippen LogP contribution in [0.2, 0.25) is 0 Å². The van der Waals surface area contributed by atoms with Crippen molar-refractivity contribution in [1.82, 2.24) is 5.32 Å². The van der Waals surface area contributed by atoms with Gasteiger partial charge in [0.15, 0.2) is 0 Å². The minimum Gasteiger partial charge on any atom is -0.508 e. The van der Waals surface area contributed by atoms with Crippen LogP contribution < -0.4 is 5.32 Å². The molecule has 0 saturated heterocycles. The van der Waals surface area contributed by atoms with Gasteiger partial charge in [-0.25, -0.2) is 0 Å². The standard InChI is InChI=1S/C13H19NO2/c1-4-5-9(2)14-10(3)11-6-12(15)8-13(16)7-11/h4,6-10,14-16H,1,5H2,2-3H3. The van der Waals surface area contributed by atoms with Crippen molar-refractivity contribution in [3.8, 4) is 11.5 Å². The molecule has 0 heterocycles. The van der Waals surface area contributed by atoms with Crippen molar-refractivity contribution in [1.29, 1.82) is 0 Å². The maximum absolute atomic E-state index is 9.38. The largest absolute Gasteiger partial charge is 0.508 e. The van der Waals surface area contributed by atoms with Gasteiger partial charge in [0, 0.05) is 18.2 Å². The molecule has 0 radical (unpaired) electrons. The van der Waals surface area contributed by atoms with Gasteiger partial charge < -0.3 is 15.5 Å². The molecule has 0 fully saturated rings. The zero-order valence-electron chi connectivity index (χ0n) is 9.77. The Morgan fingerprint density at radius 3 is 2.31 bits per heavy atom. The third-order valence-electron chi connectivity index (χ3n) is 2.48. The lowest BCUT2D eigenvalue weighted by molar-refractivity contribution is 0.440. The van der Waals surface area contributed by atoms with Crippen molar-refractivity contribution >= 4 is 0 Å². The number of phenolic OH excluding ortho intramolecular Hbond substituents is 2. The summed E-state index contributed by atoms with van der Waals surface area (Å²) < 4.78 is 0. The highest BCUT2D eigenvalue weighted by atomic mass is 16.3. The van der Waals surface area contributed by atoms with Crippen molar-refractivity contribution in [3.05, 3.63) is 36.4 Å². The minimum absolute atomic E-state index is 0.0768. The normalized spacial score (nSPS) is 14.4. The number of rotatable bonds is 5. The first-order valence-electron chi connectivity index (χ1n) is 5.42. The summed E-state index contributed by atoms with van der Waals surface area (Å²) in [5, 5.41) is 22.1. The molecule has 88 valence electrons. The summed E-state index contributed by atoms with van der Waals surface area (Å²) in [6.45, 7) is 7.75. The van der Waals surface area contributed by atoms with Crippen LogP contribution in [0.1, 0.15) is 31.9 Å². The number of aromatic hydroxyl groups is 2. The second-order valence-electron chi connectivity index (χ2n) is 4.10. The number of phenols is 2. The monoisotopic (exact) mass is 221 g/mol. The minimum atomic E-state index is 0.0768. The van der Waals surface area contributed by atoms with Gasteiger partial charge in [-0.1, -0.05) is 6.08 Å². The summed E-state index contributed by atoms with van der Waals surface area (Å²) in [6, 6.07) is 5.02. The van der Waals surface area contributed by atoms with E-state index in [1.165, 1.54) is 6.07 Å². The molecule has 0 spiro atoms. The lowest BCUT2D eigenvalue weighted by atomic mass is 10.1. The van der Waals surface area contributed by atoms with E-state index in [0.717, 1.165) is 12.0 Å². The topological polar surface area (TPSA) is 52.5 Å². The van der Waals surface area contributed by atoms with Crippen LogP contribution in [-0.4, -0.2) is 16.3 Å². The molecular weight excluding hydrogens is 202 g/mol. The molecule has 3 heteroatoms. The van der Waals surface area contributed by atoms with E-state index in [9.17, 15) is 10.2 Å². The van der Waals surface area contributed by atoms with E-state index in [2.05, 4.69) is 18.8 Å². The summed E-state index contributed by atoms with van der Waals surface area (Å²) in [5.74, 6) is 0.167. The molecule has 1 aromatic carbocycles. The Balaban J connectivity index is 2.72. The van der Waals surface area contributed by atoms with Crippen molar-refractivity contribution in [2.45, 2.75) is 32.4 Å². The lowest BCUT2D eigenvalue weighted by Crippen LogP contribution is -2.28. The first-order valence-corrected chi connectivity index (χ1v) is 5.42. The van der Waals surface area contributed by atoms with Gasteiger partial charge in [-0.3, -0.25) is 0 Å². The molecule has 0 amide bonds. The Hall–Kier alpha value is -1.48. The highest BCUT2D eigenvalue weighted by molar-refractivity contribution is 5.37. The van der Waals surface area contributed by atoms with E-state index < -0.39 is 0 Å². The average Bonchev–Trinajstić information content (AvgIpc) is 2.16. The van der Waals surface area contributed by atoms with E-state index >= 15 is 0 Å². The lowest BCUT2D eigenvalue weighted by Gasteiger charge is -2.19. The molecule has 0 aliphatic carbocycles. The van der Waals surface area contributed by atoms with Gasteiger partial charge in [0.1, 0.15) is 11.5 Å². The van der Waals surface area contributed by atoms with Crippen molar-refractivity contribution in [2.75, 3.05) is 0 Å². The summed E-state index contributed by atoms with van der Waals surface area (Å²) in [7, 11) is 0. The van der Waals surface area contributed by atoms with E-state index in [1.807, 2.05) is 13.0 Å². The van der Waals surface area contributed by atoms with Crippen LogP contribution in [0, 0.1) is 0 Å². The molecule has 1 aromatic rings. The molecule has 16 heavy (non-hydrogen) atoms. The molecule has 3 N–H and O–H groups in total. The van der Waals surface area contributed by atoms with Gasteiger partial charge in [-0.2, -0.15) is 0 Å².